The van der Waals surface area contributed by atoms with Gasteiger partial charge in [-0.3, -0.25) is 4.72 Å². The minimum Gasteiger partial charge on any atom is -0.280 e. The number of benzene rings is 2. The Bertz CT molecular complexity index is 804. The van der Waals surface area contributed by atoms with Crippen LogP contribution >= 0.6 is 34.8 Å². The minimum atomic E-state index is -3.76. The molecule has 21 heavy (non-hydrogen) atoms. The fourth-order valence-electron chi connectivity index (χ4n) is 1.78. The summed E-state index contributed by atoms with van der Waals surface area (Å²) in [5.41, 5.74) is 1.76. The van der Waals surface area contributed by atoms with Crippen molar-refractivity contribution in [3.63, 3.8) is 0 Å². The molecule has 0 aliphatic carbocycles. The minimum absolute atomic E-state index is 0.0774. The summed E-state index contributed by atoms with van der Waals surface area (Å²) >= 11 is 17.8. The molecule has 112 valence electrons. The lowest BCUT2D eigenvalue weighted by molar-refractivity contribution is 0.600. The fourth-order valence-corrected chi connectivity index (χ4v) is 3.71. The first-order valence-corrected chi connectivity index (χ1v) is 8.57. The molecule has 0 fully saturated rings. The van der Waals surface area contributed by atoms with Crippen LogP contribution in [-0.4, -0.2) is 8.42 Å². The monoisotopic (exact) mass is 363 g/mol. The molecule has 0 radical (unpaired) electrons. The van der Waals surface area contributed by atoms with E-state index in [1.165, 1.54) is 12.1 Å². The summed E-state index contributed by atoms with van der Waals surface area (Å²) in [5.74, 6) is 0. The van der Waals surface area contributed by atoms with Gasteiger partial charge in [0.05, 0.1) is 20.6 Å². The largest absolute Gasteiger partial charge is 0.280 e. The van der Waals surface area contributed by atoms with E-state index in [1.807, 2.05) is 6.92 Å². The van der Waals surface area contributed by atoms with Crippen molar-refractivity contribution in [2.45, 2.75) is 18.7 Å². The Balaban J connectivity index is 2.43. The van der Waals surface area contributed by atoms with Gasteiger partial charge in [0.25, 0.3) is 10.0 Å². The van der Waals surface area contributed by atoms with Gasteiger partial charge in [-0.15, -0.1) is 0 Å². The van der Waals surface area contributed by atoms with Gasteiger partial charge in [-0.05, 0) is 49.2 Å². The molecule has 0 amide bonds. The van der Waals surface area contributed by atoms with Crippen molar-refractivity contribution in [1.82, 2.24) is 0 Å². The smallest absolute Gasteiger partial charge is 0.262 e. The van der Waals surface area contributed by atoms with E-state index in [4.69, 9.17) is 34.8 Å². The number of hydrogen-bond acceptors (Lipinski definition) is 2. The highest BCUT2D eigenvalue weighted by molar-refractivity contribution is 7.92. The Hall–Kier alpha value is -0.940. The highest BCUT2D eigenvalue weighted by Gasteiger charge is 2.19. The standard InChI is InChI=1S/C14H12Cl3NO2S/c1-8-3-4-10(6-11(8)15)18-21(19,20)14-7-13(17)12(16)5-9(14)2/h3-7,18H,1-2H3. The molecule has 0 aliphatic rings. The predicted molar refractivity (Wildman–Crippen MR) is 88.2 cm³/mol. The summed E-state index contributed by atoms with van der Waals surface area (Å²) in [6.07, 6.45) is 0. The second kappa shape index (κ2) is 6.05. The van der Waals surface area contributed by atoms with Crippen LogP contribution in [0.4, 0.5) is 5.69 Å². The van der Waals surface area contributed by atoms with Gasteiger partial charge in [-0.25, -0.2) is 8.42 Å². The molecule has 0 aromatic heterocycles. The van der Waals surface area contributed by atoms with Crippen molar-refractivity contribution in [1.29, 1.82) is 0 Å². The molecular formula is C14H12Cl3NO2S. The maximum atomic E-state index is 12.4. The SMILES string of the molecule is Cc1ccc(NS(=O)(=O)c2cc(Cl)c(Cl)cc2C)cc1Cl. The van der Waals surface area contributed by atoms with Gasteiger partial charge in [0.2, 0.25) is 0 Å². The van der Waals surface area contributed by atoms with Gasteiger partial charge >= 0.3 is 0 Å². The molecule has 0 heterocycles. The lowest BCUT2D eigenvalue weighted by atomic mass is 10.2. The Labute approximate surface area is 138 Å². The third-order valence-electron chi connectivity index (χ3n) is 2.93. The normalized spacial score (nSPS) is 11.5. The molecule has 0 atom stereocenters. The maximum Gasteiger partial charge on any atom is 0.262 e. The molecule has 0 unspecified atom stereocenters. The highest BCUT2D eigenvalue weighted by atomic mass is 35.5. The topological polar surface area (TPSA) is 46.2 Å². The van der Waals surface area contributed by atoms with Crippen LogP contribution in [0.5, 0.6) is 0 Å². The van der Waals surface area contributed by atoms with Crippen LogP contribution in [0.15, 0.2) is 35.2 Å². The van der Waals surface area contributed by atoms with Crippen molar-refractivity contribution < 1.29 is 8.42 Å². The van der Waals surface area contributed by atoms with Gasteiger partial charge in [0.1, 0.15) is 0 Å². The van der Waals surface area contributed by atoms with E-state index in [2.05, 4.69) is 4.72 Å². The average molecular weight is 365 g/mol. The quantitative estimate of drug-likeness (QED) is 0.827. The molecule has 2 aromatic rings. The van der Waals surface area contributed by atoms with Gasteiger partial charge < -0.3 is 0 Å². The number of anilines is 1. The van der Waals surface area contributed by atoms with Crippen LogP contribution in [0.2, 0.25) is 15.1 Å². The molecular weight excluding hydrogens is 353 g/mol. The predicted octanol–water partition coefficient (Wildman–Crippen LogP) is 5.06. The summed E-state index contributed by atoms with van der Waals surface area (Å²) in [6.45, 7) is 3.49. The molecule has 2 rings (SSSR count). The Morgan fingerprint density at radius 3 is 2.10 bits per heavy atom. The second-order valence-electron chi connectivity index (χ2n) is 4.60. The summed E-state index contributed by atoms with van der Waals surface area (Å²) in [6, 6.07) is 7.78. The zero-order chi connectivity index (χ0) is 15.8. The number of sulfonamides is 1. The zero-order valence-electron chi connectivity index (χ0n) is 11.2. The molecule has 2 aromatic carbocycles. The van der Waals surface area contributed by atoms with Crippen LogP contribution < -0.4 is 4.72 Å². The Morgan fingerprint density at radius 1 is 0.857 bits per heavy atom. The van der Waals surface area contributed by atoms with E-state index in [1.54, 1.807) is 25.1 Å². The van der Waals surface area contributed by atoms with E-state index in [0.717, 1.165) is 5.56 Å². The van der Waals surface area contributed by atoms with Crippen LogP contribution in [0.25, 0.3) is 0 Å². The van der Waals surface area contributed by atoms with Crippen LogP contribution in [0.1, 0.15) is 11.1 Å². The third-order valence-corrected chi connectivity index (χ3v) is 5.58. The Kier molecular flexibility index (Phi) is 4.73. The average Bonchev–Trinajstić information content (AvgIpc) is 2.37. The second-order valence-corrected chi connectivity index (χ2v) is 7.47. The van der Waals surface area contributed by atoms with Gasteiger partial charge in [-0.1, -0.05) is 40.9 Å². The molecule has 1 N–H and O–H groups in total. The summed E-state index contributed by atoms with van der Waals surface area (Å²) < 4.78 is 27.3. The Morgan fingerprint density at radius 2 is 1.48 bits per heavy atom. The summed E-state index contributed by atoms with van der Waals surface area (Å²) in [7, 11) is -3.76. The van der Waals surface area contributed by atoms with Crippen LogP contribution in [0, 0.1) is 13.8 Å². The van der Waals surface area contributed by atoms with E-state index >= 15 is 0 Å². The number of aryl methyl sites for hydroxylation is 2. The first kappa shape index (κ1) is 16.4. The summed E-state index contributed by atoms with van der Waals surface area (Å²) in [5, 5.41) is 0.983. The molecule has 0 saturated carbocycles. The van der Waals surface area contributed by atoms with Gasteiger partial charge in [0, 0.05) is 5.02 Å². The third kappa shape index (κ3) is 3.64. The molecule has 3 nitrogen and oxygen atoms in total. The van der Waals surface area contributed by atoms with E-state index < -0.39 is 10.0 Å². The van der Waals surface area contributed by atoms with Crippen LogP contribution in [-0.2, 0) is 10.0 Å². The fraction of sp³-hybridized carbons (Fsp3) is 0.143. The first-order chi connectivity index (χ1) is 9.70. The molecule has 7 heteroatoms. The van der Waals surface area contributed by atoms with Crippen LogP contribution in [0.3, 0.4) is 0 Å². The lowest BCUT2D eigenvalue weighted by Crippen LogP contribution is -2.14. The van der Waals surface area contributed by atoms with Crippen molar-refractivity contribution in [3.05, 3.63) is 56.5 Å². The zero-order valence-corrected chi connectivity index (χ0v) is 14.3. The summed E-state index contributed by atoms with van der Waals surface area (Å²) in [4.78, 5) is 0.0774. The molecule has 0 saturated heterocycles. The number of rotatable bonds is 3. The maximum absolute atomic E-state index is 12.4. The van der Waals surface area contributed by atoms with E-state index in [9.17, 15) is 8.42 Å². The lowest BCUT2D eigenvalue weighted by Gasteiger charge is -2.12. The van der Waals surface area contributed by atoms with Crippen molar-refractivity contribution in [2.24, 2.45) is 0 Å². The van der Waals surface area contributed by atoms with Crippen molar-refractivity contribution in [3.8, 4) is 0 Å². The highest BCUT2D eigenvalue weighted by Crippen LogP contribution is 2.30. The first-order valence-electron chi connectivity index (χ1n) is 5.95. The van der Waals surface area contributed by atoms with Crippen molar-refractivity contribution in [2.75, 3.05) is 4.72 Å². The number of halogens is 3. The molecule has 0 aliphatic heterocycles. The number of nitrogens with one attached hydrogen (secondary N) is 1. The molecule has 0 spiro atoms. The van der Waals surface area contributed by atoms with Crippen molar-refractivity contribution >= 4 is 50.5 Å². The number of hydrogen-bond donors (Lipinski definition) is 1. The van der Waals surface area contributed by atoms with Gasteiger partial charge in [-0.2, -0.15) is 0 Å². The van der Waals surface area contributed by atoms with E-state index in [-0.39, 0.29) is 9.92 Å². The molecule has 0 bridgehead atoms. The van der Waals surface area contributed by atoms with Gasteiger partial charge in [0.15, 0.2) is 0 Å². The van der Waals surface area contributed by atoms with E-state index in [0.29, 0.717) is 21.3 Å².